The van der Waals surface area contributed by atoms with Crippen LogP contribution in [0.4, 0.5) is 0 Å². The molecule has 0 spiro atoms. The largest absolute Gasteiger partial charge is 0.496 e. The number of amides is 1. The van der Waals surface area contributed by atoms with Gasteiger partial charge in [0.15, 0.2) is 0 Å². The van der Waals surface area contributed by atoms with Crippen molar-refractivity contribution >= 4 is 34.9 Å². The van der Waals surface area contributed by atoms with Crippen LogP contribution >= 0.6 is 22.9 Å². The van der Waals surface area contributed by atoms with Crippen LogP contribution in [0, 0.1) is 0 Å². The van der Waals surface area contributed by atoms with Gasteiger partial charge >= 0.3 is 0 Å². The molecule has 3 rings (SSSR count). The summed E-state index contributed by atoms with van der Waals surface area (Å²) in [5, 5.41) is 3.67. The number of nitrogens with zero attached hydrogens (tertiary/aromatic N) is 1. The number of hydrogen-bond donors (Lipinski definition) is 1. The third kappa shape index (κ3) is 3.31. The van der Waals surface area contributed by atoms with Crippen LogP contribution in [0.5, 0.6) is 5.75 Å². The number of nitrogens with one attached hydrogen (secondary N) is 1. The number of halogens is 1. The van der Waals surface area contributed by atoms with E-state index in [2.05, 4.69) is 10.3 Å². The quantitative estimate of drug-likeness (QED) is 0.851. The lowest BCUT2D eigenvalue weighted by Crippen LogP contribution is -2.24. The Bertz CT molecular complexity index is 700. The summed E-state index contributed by atoms with van der Waals surface area (Å²) < 4.78 is 5.36. The van der Waals surface area contributed by atoms with Gasteiger partial charge in [0.1, 0.15) is 5.75 Å². The Morgan fingerprint density at radius 2 is 2.41 bits per heavy atom. The van der Waals surface area contributed by atoms with Crippen LogP contribution in [0.15, 0.2) is 36.0 Å². The molecular formula is C16H15ClN2O2S. The highest BCUT2D eigenvalue weighted by Gasteiger charge is 2.42. The van der Waals surface area contributed by atoms with Crippen molar-refractivity contribution < 1.29 is 9.53 Å². The zero-order valence-electron chi connectivity index (χ0n) is 12.0. The first kappa shape index (κ1) is 15.1. The molecule has 1 amide bonds. The van der Waals surface area contributed by atoms with Crippen LogP contribution in [0.1, 0.15) is 22.8 Å². The Morgan fingerprint density at radius 1 is 1.55 bits per heavy atom. The number of carbonyl (C=O) groups excluding carboxylic acids is 1. The number of hydrogen-bond acceptors (Lipinski definition) is 4. The van der Waals surface area contributed by atoms with Crippen molar-refractivity contribution in [2.24, 2.45) is 0 Å². The van der Waals surface area contributed by atoms with E-state index in [1.807, 2.05) is 18.2 Å². The fourth-order valence-corrected chi connectivity index (χ4v) is 3.24. The van der Waals surface area contributed by atoms with Crippen LogP contribution in [-0.2, 0) is 4.79 Å². The number of rotatable bonds is 5. The van der Waals surface area contributed by atoms with Crippen molar-refractivity contribution in [2.75, 3.05) is 7.11 Å². The van der Waals surface area contributed by atoms with E-state index in [-0.39, 0.29) is 17.9 Å². The van der Waals surface area contributed by atoms with Gasteiger partial charge in [-0.3, -0.25) is 9.78 Å². The van der Waals surface area contributed by atoms with Gasteiger partial charge in [0, 0.05) is 39.7 Å². The number of thiazole rings is 1. The summed E-state index contributed by atoms with van der Waals surface area (Å²) in [6.45, 7) is 0. The summed E-state index contributed by atoms with van der Waals surface area (Å²) in [5.74, 6) is 0.880. The van der Waals surface area contributed by atoms with Crippen LogP contribution in [0.25, 0.3) is 6.08 Å². The van der Waals surface area contributed by atoms with Gasteiger partial charge in [0.25, 0.3) is 0 Å². The minimum atomic E-state index is -0.105. The molecular weight excluding hydrogens is 320 g/mol. The Kier molecular flexibility index (Phi) is 4.45. The zero-order valence-corrected chi connectivity index (χ0v) is 13.5. The fraction of sp³-hybridized carbons (Fsp3) is 0.250. The van der Waals surface area contributed by atoms with E-state index in [0.29, 0.717) is 5.02 Å². The fourth-order valence-electron chi connectivity index (χ4n) is 2.43. The zero-order chi connectivity index (χ0) is 15.5. The highest BCUT2D eigenvalue weighted by atomic mass is 35.5. The molecule has 1 aromatic carbocycles. The summed E-state index contributed by atoms with van der Waals surface area (Å²) in [6.07, 6.45) is 5.90. The van der Waals surface area contributed by atoms with Crippen molar-refractivity contribution in [3.8, 4) is 5.75 Å². The molecule has 1 aliphatic carbocycles. The third-order valence-corrected chi connectivity index (χ3v) is 4.64. The Balaban J connectivity index is 1.62. The van der Waals surface area contributed by atoms with Gasteiger partial charge in [-0.1, -0.05) is 17.7 Å². The minimum Gasteiger partial charge on any atom is -0.496 e. The molecule has 6 heteroatoms. The van der Waals surface area contributed by atoms with Crippen molar-refractivity contribution in [2.45, 2.75) is 18.4 Å². The first-order valence-corrected chi connectivity index (χ1v) is 8.14. The molecule has 1 aliphatic rings. The van der Waals surface area contributed by atoms with Crippen molar-refractivity contribution in [1.29, 1.82) is 0 Å². The van der Waals surface area contributed by atoms with Crippen LogP contribution in [0.2, 0.25) is 5.02 Å². The summed E-state index contributed by atoms with van der Waals surface area (Å²) in [4.78, 5) is 16.8. The smallest absolute Gasteiger partial charge is 0.244 e. The molecule has 1 saturated carbocycles. The normalized spacial score (nSPS) is 20.1. The lowest BCUT2D eigenvalue weighted by molar-refractivity contribution is -0.116. The van der Waals surface area contributed by atoms with Gasteiger partial charge in [-0.2, -0.15) is 0 Å². The Hall–Kier alpha value is -1.85. The molecule has 114 valence electrons. The van der Waals surface area contributed by atoms with Gasteiger partial charge < -0.3 is 10.1 Å². The summed E-state index contributed by atoms with van der Waals surface area (Å²) in [7, 11) is 1.63. The van der Waals surface area contributed by atoms with Crippen LogP contribution in [-0.4, -0.2) is 24.0 Å². The third-order valence-electron chi connectivity index (χ3n) is 3.57. The van der Waals surface area contributed by atoms with E-state index in [1.54, 1.807) is 24.9 Å². The molecule has 0 saturated heterocycles. The molecule has 1 heterocycles. The first-order valence-electron chi connectivity index (χ1n) is 6.88. The molecule has 1 N–H and O–H groups in total. The van der Waals surface area contributed by atoms with E-state index in [1.165, 1.54) is 17.4 Å². The molecule has 1 fully saturated rings. The first-order chi connectivity index (χ1) is 10.7. The number of ether oxygens (including phenoxy) is 1. The molecule has 2 atom stereocenters. The van der Waals surface area contributed by atoms with E-state index >= 15 is 0 Å². The number of methoxy groups -OCH3 is 1. The van der Waals surface area contributed by atoms with Crippen LogP contribution < -0.4 is 10.1 Å². The Labute approximate surface area is 137 Å². The standard InChI is InChI=1S/C16H15ClN2O2S/c1-21-14-4-2-3-12(17)16(14)11-7-13(11)19-15(20)6-5-10-8-18-9-22-10/h2-6,8-9,11,13H,7H2,1H3,(H,19,20)/b6-5+/t11-,13-/m1/s1. The van der Waals surface area contributed by atoms with Gasteiger partial charge in [0.2, 0.25) is 5.91 Å². The van der Waals surface area contributed by atoms with Gasteiger partial charge in [0.05, 0.1) is 12.6 Å². The number of benzene rings is 1. The molecule has 4 nitrogen and oxygen atoms in total. The maximum Gasteiger partial charge on any atom is 0.244 e. The van der Waals surface area contributed by atoms with Crippen molar-refractivity contribution in [3.05, 3.63) is 51.4 Å². The molecule has 0 bridgehead atoms. The lowest BCUT2D eigenvalue weighted by atomic mass is 10.1. The molecule has 0 unspecified atom stereocenters. The average molecular weight is 335 g/mol. The molecule has 0 radical (unpaired) electrons. The molecule has 2 aromatic rings. The number of carbonyl (C=O) groups is 1. The van der Waals surface area contributed by atoms with Crippen molar-refractivity contribution in [1.82, 2.24) is 10.3 Å². The van der Waals surface area contributed by atoms with Crippen LogP contribution in [0.3, 0.4) is 0 Å². The van der Waals surface area contributed by atoms with E-state index in [0.717, 1.165) is 22.6 Å². The Morgan fingerprint density at radius 3 is 3.14 bits per heavy atom. The van der Waals surface area contributed by atoms with Gasteiger partial charge in [-0.15, -0.1) is 11.3 Å². The highest BCUT2D eigenvalue weighted by Crippen LogP contribution is 2.47. The average Bonchev–Trinajstić information content (AvgIpc) is 3.05. The van der Waals surface area contributed by atoms with Crippen molar-refractivity contribution in [3.63, 3.8) is 0 Å². The summed E-state index contributed by atoms with van der Waals surface area (Å²) in [5.41, 5.74) is 2.71. The molecule has 22 heavy (non-hydrogen) atoms. The second-order valence-electron chi connectivity index (χ2n) is 5.05. The maximum atomic E-state index is 11.9. The second-order valence-corrected chi connectivity index (χ2v) is 6.38. The second kappa shape index (κ2) is 6.50. The minimum absolute atomic E-state index is 0.104. The predicted octanol–water partition coefficient (Wildman–Crippen LogP) is 3.49. The monoisotopic (exact) mass is 334 g/mol. The van der Waals surface area contributed by atoms with E-state index in [4.69, 9.17) is 16.3 Å². The molecule has 1 aromatic heterocycles. The number of aromatic nitrogens is 1. The summed E-state index contributed by atoms with van der Waals surface area (Å²) >= 11 is 7.75. The predicted molar refractivity (Wildman–Crippen MR) is 88.4 cm³/mol. The molecule has 0 aliphatic heterocycles. The van der Waals surface area contributed by atoms with Gasteiger partial charge in [-0.25, -0.2) is 0 Å². The van der Waals surface area contributed by atoms with E-state index in [9.17, 15) is 4.79 Å². The van der Waals surface area contributed by atoms with Gasteiger partial charge in [-0.05, 0) is 24.6 Å². The van der Waals surface area contributed by atoms with E-state index < -0.39 is 0 Å². The lowest BCUT2D eigenvalue weighted by Gasteiger charge is -2.10. The SMILES string of the molecule is COc1cccc(Cl)c1[C@@H]1C[C@H]1NC(=O)/C=C/c1cncs1. The summed E-state index contributed by atoms with van der Waals surface area (Å²) in [6, 6.07) is 5.70. The maximum absolute atomic E-state index is 11.9. The highest BCUT2D eigenvalue weighted by molar-refractivity contribution is 7.10. The topological polar surface area (TPSA) is 51.2 Å².